The first-order valence-corrected chi connectivity index (χ1v) is 6.71. The molecule has 0 amide bonds. The van der Waals surface area contributed by atoms with Gasteiger partial charge in [-0.2, -0.15) is 0 Å². The van der Waals surface area contributed by atoms with Crippen molar-refractivity contribution in [2.24, 2.45) is 11.8 Å². The monoisotopic (exact) mass is 211 g/mol. The molecule has 2 unspecified atom stereocenters. The van der Waals surface area contributed by atoms with Crippen molar-refractivity contribution in [3.63, 3.8) is 0 Å². The summed E-state index contributed by atoms with van der Waals surface area (Å²) in [7, 11) is 0. The Morgan fingerprint density at radius 2 is 2.20 bits per heavy atom. The number of hydrogen-bond acceptors (Lipinski definition) is 2. The van der Waals surface area contributed by atoms with Crippen LogP contribution in [0, 0.1) is 11.8 Å². The Morgan fingerprint density at radius 3 is 2.80 bits per heavy atom. The summed E-state index contributed by atoms with van der Waals surface area (Å²) in [6.07, 6.45) is 8.31. The Kier molecular flexibility index (Phi) is 4.45. The van der Waals surface area contributed by atoms with Crippen molar-refractivity contribution >= 4 is 0 Å². The minimum absolute atomic E-state index is 0.730. The van der Waals surface area contributed by atoms with E-state index in [1.165, 1.54) is 45.1 Å². The van der Waals surface area contributed by atoms with E-state index in [2.05, 4.69) is 12.2 Å². The van der Waals surface area contributed by atoms with E-state index in [9.17, 15) is 0 Å². The molecule has 15 heavy (non-hydrogen) atoms. The summed E-state index contributed by atoms with van der Waals surface area (Å²) in [5.41, 5.74) is 0. The molecule has 2 rings (SSSR count). The van der Waals surface area contributed by atoms with Crippen molar-refractivity contribution in [2.45, 2.75) is 51.5 Å². The fourth-order valence-electron chi connectivity index (χ4n) is 2.53. The molecule has 1 saturated heterocycles. The molecule has 0 radical (unpaired) electrons. The number of hydrogen-bond donors (Lipinski definition) is 1. The van der Waals surface area contributed by atoms with Gasteiger partial charge < -0.3 is 10.1 Å². The van der Waals surface area contributed by atoms with Gasteiger partial charge in [0, 0.05) is 12.6 Å². The standard InChI is InChI=1S/C13H25NO/c1-2-8-14-13(6-5-11-3-4-11)12-7-9-15-10-12/h11-14H,2-10H2,1H3. The molecule has 0 bridgehead atoms. The molecular formula is C13H25NO. The minimum atomic E-state index is 0.730. The van der Waals surface area contributed by atoms with Crippen LogP contribution >= 0.6 is 0 Å². The minimum Gasteiger partial charge on any atom is -0.381 e. The quantitative estimate of drug-likeness (QED) is 0.699. The van der Waals surface area contributed by atoms with Crippen LogP contribution in [0.1, 0.15) is 45.4 Å². The van der Waals surface area contributed by atoms with Gasteiger partial charge in [0.2, 0.25) is 0 Å². The fourth-order valence-corrected chi connectivity index (χ4v) is 2.53. The summed E-state index contributed by atoms with van der Waals surface area (Å²) in [6, 6.07) is 0.730. The average molecular weight is 211 g/mol. The van der Waals surface area contributed by atoms with Crippen LogP contribution in [0.3, 0.4) is 0 Å². The van der Waals surface area contributed by atoms with Crippen LogP contribution in [0.2, 0.25) is 0 Å². The van der Waals surface area contributed by atoms with Crippen molar-refractivity contribution in [1.29, 1.82) is 0 Å². The third-order valence-electron chi connectivity index (χ3n) is 3.77. The lowest BCUT2D eigenvalue weighted by Crippen LogP contribution is -2.37. The molecule has 2 aliphatic rings. The van der Waals surface area contributed by atoms with Gasteiger partial charge in [-0.3, -0.25) is 0 Å². The van der Waals surface area contributed by atoms with Gasteiger partial charge in [-0.15, -0.1) is 0 Å². The molecule has 0 aromatic rings. The van der Waals surface area contributed by atoms with Crippen molar-refractivity contribution in [3.8, 4) is 0 Å². The van der Waals surface area contributed by atoms with E-state index in [-0.39, 0.29) is 0 Å². The second kappa shape index (κ2) is 5.86. The van der Waals surface area contributed by atoms with E-state index in [0.29, 0.717) is 0 Å². The molecular weight excluding hydrogens is 186 g/mol. The van der Waals surface area contributed by atoms with Crippen LogP contribution in [0.15, 0.2) is 0 Å². The Balaban J connectivity index is 1.71. The highest BCUT2D eigenvalue weighted by molar-refractivity contribution is 4.82. The first-order valence-electron chi connectivity index (χ1n) is 6.71. The van der Waals surface area contributed by atoms with E-state index in [1.54, 1.807) is 0 Å². The molecule has 1 N–H and O–H groups in total. The van der Waals surface area contributed by atoms with Crippen LogP contribution in [0.4, 0.5) is 0 Å². The first-order chi connectivity index (χ1) is 7.40. The third kappa shape index (κ3) is 3.76. The van der Waals surface area contributed by atoms with E-state index in [0.717, 1.165) is 31.1 Å². The maximum atomic E-state index is 5.50. The van der Waals surface area contributed by atoms with Crippen LogP contribution in [-0.4, -0.2) is 25.8 Å². The predicted molar refractivity (Wildman–Crippen MR) is 63.0 cm³/mol. The van der Waals surface area contributed by atoms with E-state index in [4.69, 9.17) is 4.74 Å². The maximum absolute atomic E-state index is 5.50. The Bertz CT molecular complexity index is 173. The van der Waals surface area contributed by atoms with Crippen LogP contribution in [-0.2, 0) is 4.74 Å². The number of ether oxygens (including phenoxy) is 1. The smallest absolute Gasteiger partial charge is 0.0510 e. The lowest BCUT2D eigenvalue weighted by molar-refractivity contribution is 0.174. The summed E-state index contributed by atoms with van der Waals surface area (Å²) in [5.74, 6) is 1.86. The average Bonchev–Trinajstić information content (AvgIpc) is 2.92. The zero-order valence-corrected chi connectivity index (χ0v) is 10.0. The molecule has 1 saturated carbocycles. The lowest BCUT2D eigenvalue weighted by Gasteiger charge is -2.23. The summed E-state index contributed by atoms with van der Waals surface area (Å²) in [6.45, 7) is 5.40. The number of rotatable bonds is 7. The SMILES string of the molecule is CCCNC(CCC1CC1)C1CCOC1. The second-order valence-electron chi connectivity index (χ2n) is 5.21. The maximum Gasteiger partial charge on any atom is 0.0510 e. The van der Waals surface area contributed by atoms with Gasteiger partial charge in [-0.25, -0.2) is 0 Å². The Labute approximate surface area is 93.8 Å². The fraction of sp³-hybridized carbons (Fsp3) is 1.00. The molecule has 0 aromatic carbocycles. The van der Waals surface area contributed by atoms with E-state index < -0.39 is 0 Å². The zero-order chi connectivity index (χ0) is 10.5. The van der Waals surface area contributed by atoms with Crippen LogP contribution in [0.5, 0.6) is 0 Å². The van der Waals surface area contributed by atoms with Gasteiger partial charge in [0.1, 0.15) is 0 Å². The highest BCUT2D eigenvalue weighted by atomic mass is 16.5. The molecule has 1 aliphatic carbocycles. The summed E-state index contributed by atoms with van der Waals surface area (Å²) in [5, 5.41) is 3.71. The zero-order valence-electron chi connectivity index (χ0n) is 10.0. The van der Waals surface area contributed by atoms with Crippen LogP contribution < -0.4 is 5.32 Å². The van der Waals surface area contributed by atoms with Crippen LogP contribution in [0.25, 0.3) is 0 Å². The van der Waals surface area contributed by atoms with Crippen molar-refractivity contribution in [1.82, 2.24) is 5.32 Å². The summed E-state index contributed by atoms with van der Waals surface area (Å²) < 4.78 is 5.50. The molecule has 2 fully saturated rings. The molecule has 88 valence electrons. The molecule has 1 heterocycles. The molecule has 0 spiro atoms. The largest absolute Gasteiger partial charge is 0.381 e. The Morgan fingerprint density at radius 1 is 1.33 bits per heavy atom. The van der Waals surface area contributed by atoms with Gasteiger partial charge in [-0.1, -0.05) is 19.8 Å². The summed E-state index contributed by atoms with van der Waals surface area (Å²) >= 11 is 0. The topological polar surface area (TPSA) is 21.3 Å². The molecule has 2 atom stereocenters. The Hall–Kier alpha value is -0.0800. The first kappa shape index (κ1) is 11.4. The molecule has 0 aromatic heterocycles. The van der Waals surface area contributed by atoms with Gasteiger partial charge in [0.05, 0.1) is 6.61 Å². The van der Waals surface area contributed by atoms with E-state index >= 15 is 0 Å². The van der Waals surface area contributed by atoms with Crippen molar-refractivity contribution < 1.29 is 4.74 Å². The summed E-state index contributed by atoms with van der Waals surface area (Å²) in [4.78, 5) is 0. The highest BCUT2D eigenvalue weighted by Gasteiger charge is 2.28. The highest BCUT2D eigenvalue weighted by Crippen LogP contribution is 2.35. The van der Waals surface area contributed by atoms with Gasteiger partial charge in [0.25, 0.3) is 0 Å². The van der Waals surface area contributed by atoms with Gasteiger partial charge >= 0.3 is 0 Å². The predicted octanol–water partition coefficient (Wildman–Crippen LogP) is 2.58. The van der Waals surface area contributed by atoms with E-state index in [1.807, 2.05) is 0 Å². The van der Waals surface area contributed by atoms with Gasteiger partial charge in [-0.05, 0) is 44.1 Å². The molecule has 2 nitrogen and oxygen atoms in total. The van der Waals surface area contributed by atoms with Crippen molar-refractivity contribution in [2.75, 3.05) is 19.8 Å². The molecule has 1 aliphatic heterocycles. The second-order valence-corrected chi connectivity index (χ2v) is 5.21. The third-order valence-corrected chi connectivity index (χ3v) is 3.77. The molecule has 2 heteroatoms. The number of nitrogens with one attached hydrogen (secondary N) is 1. The van der Waals surface area contributed by atoms with Gasteiger partial charge in [0.15, 0.2) is 0 Å². The lowest BCUT2D eigenvalue weighted by atomic mass is 9.94. The van der Waals surface area contributed by atoms with Crippen molar-refractivity contribution in [3.05, 3.63) is 0 Å². The normalized spacial score (nSPS) is 28.2.